The molecule has 4 unspecified atom stereocenters. The maximum atomic E-state index is 4.06. The van der Waals surface area contributed by atoms with Gasteiger partial charge in [0, 0.05) is 6.04 Å². The lowest BCUT2D eigenvalue weighted by atomic mass is 9.70. The van der Waals surface area contributed by atoms with Crippen LogP contribution in [0.4, 0.5) is 0 Å². The summed E-state index contributed by atoms with van der Waals surface area (Å²) in [5.41, 5.74) is 0. The van der Waals surface area contributed by atoms with Crippen molar-refractivity contribution < 1.29 is 0 Å². The van der Waals surface area contributed by atoms with Gasteiger partial charge in [0.15, 0.2) is 0 Å². The van der Waals surface area contributed by atoms with Gasteiger partial charge < -0.3 is 5.32 Å². The van der Waals surface area contributed by atoms with E-state index < -0.39 is 0 Å². The molecule has 1 nitrogen and oxygen atoms in total. The molecule has 0 aliphatic heterocycles. The Bertz CT molecular complexity index is 294. The predicted octanol–water partition coefficient (Wildman–Crippen LogP) is 5.54. The van der Waals surface area contributed by atoms with Crippen molar-refractivity contribution in [1.29, 1.82) is 0 Å². The Labute approximate surface area is 132 Å². The molecule has 0 saturated heterocycles. The summed E-state index contributed by atoms with van der Waals surface area (Å²) in [5, 5.41) is 4.06. The highest BCUT2D eigenvalue weighted by molar-refractivity contribution is 4.87. The second kappa shape index (κ2) is 7.99. The molecule has 0 bridgehead atoms. The van der Waals surface area contributed by atoms with Crippen LogP contribution in [0.5, 0.6) is 0 Å². The molecule has 3 fully saturated rings. The van der Waals surface area contributed by atoms with Crippen LogP contribution >= 0.6 is 0 Å². The van der Waals surface area contributed by atoms with Crippen LogP contribution in [0, 0.1) is 23.7 Å². The average Bonchev–Trinajstić information content (AvgIpc) is 2.54. The van der Waals surface area contributed by atoms with Crippen LogP contribution in [-0.4, -0.2) is 12.6 Å². The standard InChI is InChI=1S/C20H37N/c1-16-8-7-9-17(14-16)15-21-20-13-6-5-12-19(20)18-10-3-2-4-11-18/h16-21H,2-15H2,1H3. The van der Waals surface area contributed by atoms with Crippen LogP contribution in [0.3, 0.4) is 0 Å². The topological polar surface area (TPSA) is 12.0 Å². The van der Waals surface area contributed by atoms with E-state index in [2.05, 4.69) is 12.2 Å². The molecule has 4 atom stereocenters. The first-order valence-electron chi connectivity index (χ1n) is 10.1. The molecular weight excluding hydrogens is 254 g/mol. The molecule has 21 heavy (non-hydrogen) atoms. The van der Waals surface area contributed by atoms with E-state index in [9.17, 15) is 0 Å². The van der Waals surface area contributed by atoms with Crippen molar-refractivity contribution in [2.75, 3.05) is 6.54 Å². The zero-order chi connectivity index (χ0) is 14.5. The lowest BCUT2D eigenvalue weighted by Gasteiger charge is -2.40. The van der Waals surface area contributed by atoms with Crippen LogP contribution in [-0.2, 0) is 0 Å². The molecule has 3 saturated carbocycles. The number of nitrogens with one attached hydrogen (secondary N) is 1. The normalized spacial score (nSPS) is 39.3. The maximum Gasteiger partial charge on any atom is 0.00980 e. The minimum atomic E-state index is 0.860. The van der Waals surface area contributed by atoms with Crippen molar-refractivity contribution in [3.8, 4) is 0 Å². The van der Waals surface area contributed by atoms with Gasteiger partial charge in [0.05, 0.1) is 0 Å². The Kier molecular flexibility index (Phi) is 6.03. The smallest absolute Gasteiger partial charge is 0.00980 e. The Morgan fingerprint density at radius 3 is 2.33 bits per heavy atom. The van der Waals surface area contributed by atoms with E-state index in [1.807, 2.05) is 0 Å². The summed E-state index contributed by atoms with van der Waals surface area (Å²) < 4.78 is 0. The van der Waals surface area contributed by atoms with Gasteiger partial charge in [0.2, 0.25) is 0 Å². The van der Waals surface area contributed by atoms with Gasteiger partial charge in [0.25, 0.3) is 0 Å². The van der Waals surface area contributed by atoms with Gasteiger partial charge in [-0.2, -0.15) is 0 Å². The largest absolute Gasteiger partial charge is 0.313 e. The minimum absolute atomic E-state index is 0.860. The lowest BCUT2D eigenvalue weighted by Crippen LogP contribution is -2.44. The molecular formula is C20H37N. The summed E-state index contributed by atoms with van der Waals surface area (Å²) in [6.45, 7) is 3.77. The molecule has 1 N–H and O–H groups in total. The zero-order valence-corrected chi connectivity index (χ0v) is 14.3. The summed E-state index contributed by atoms with van der Waals surface area (Å²) in [6.07, 6.45) is 19.4. The van der Waals surface area contributed by atoms with Gasteiger partial charge in [-0.1, -0.05) is 64.7 Å². The van der Waals surface area contributed by atoms with Crippen molar-refractivity contribution in [1.82, 2.24) is 5.32 Å². The molecule has 0 aromatic heterocycles. The monoisotopic (exact) mass is 291 g/mol. The highest BCUT2D eigenvalue weighted by Gasteiger charge is 2.32. The lowest BCUT2D eigenvalue weighted by molar-refractivity contribution is 0.142. The number of hydrogen-bond donors (Lipinski definition) is 1. The van der Waals surface area contributed by atoms with E-state index in [4.69, 9.17) is 0 Å². The molecule has 0 aromatic rings. The molecule has 3 rings (SSSR count). The van der Waals surface area contributed by atoms with Crippen molar-refractivity contribution in [2.24, 2.45) is 23.7 Å². The van der Waals surface area contributed by atoms with E-state index in [1.165, 1.54) is 90.0 Å². The van der Waals surface area contributed by atoms with Gasteiger partial charge in [-0.3, -0.25) is 0 Å². The van der Waals surface area contributed by atoms with Crippen LogP contribution in [0.15, 0.2) is 0 Å². The van der Waals surface area contributed by atoms with Crippen molar-refractivity contribution in [3.05, 3.63) is 0 Å². The third-order valence-electron chi connectivity index (χ3n) is 6.79. The van der Waals surface area contributed by atoms with E-state index >= 15 is 0 Å². The summed E-state index contributed by atoms with van der Waals surface area (Å²) in [4.78, 5) is 0. The van der Waals surface area contributed by atoms with Crippen molar-refractivity contribution >= 4 is 0 Å². The average molecular weight is 292 g/mol. The fourth-order valence-corrected chi connectivity index (χ4v) is 5.60. The molecule has 3 aliphatic rings. The first-order chi connectivity index (χ1) is 10.3. The summed E-state index contributed by atoms with van der Waals surface area (Å²) in [5.74, 6) is 4.02. The molecule has 0 spiro atoms. The quantitative estimate of drug-likeness (QED) is 0.717. The molecule has 0 radical (unpaired) electrons. The van der Waals surface area contributed by atoms with Crippen LogP contribution in [0.25, 0.3) is 0 Å². The van der Waals surface area contributed by atoms with Crippen LogP contribution in [0.2, 0.25) is 0 Å². The van der Waals surface area contributed by atoms with E-state index in [0.29, 0.717) is 0 Å². The molecule has 3 aliphatic carbocycles. The van der Waals surface area contributed by atoms with Crippen molar-refractivity contribution in [3.63, 3.8) is 0 Å². The summed E-state index contributed by atoms with van der Waals surface area (Å²) >= 11 is 0. The highest BCUT2D eigenvalue weighted by atomic mass is 14.9. The van der Waals surface area contributed by atoms with Gasteiger partial charge in [-0.15, -0.1) is 0 Å². The van der Waals surface area contributed by atoms with E-state index in [0.717, 1.165) is 29.7 Å². The zero-order valence-electron chi connectivity index (χ0n) is 14.3. The first kappa shape index (κ1) is 15.8. The fraction of sp³-hybridized carbons (Fsp3) is 1.00. The van der Waals surface area contributed by atoms with Crippen LogP contribution in [0.1, 0.15) is 90.4 Å². The Morgan fingerprint density at radius 2 is 1.52 bits per heavy atom. The van der Waals surface area contributed by atoms with Gasteiger partial charge in [0.1, 0.15) is 0 Å². The Balaban J connectivity index is 1.49. The molecule has 1 heteroatoms. The first-order valence-corrected chi connectivity index (χ1v) is 10.1. The minimum Gasteiger partial charge on any atom is -0.313 e. The molecule has 0 aromatic carbocycles. The molecule has 0 amide bonds. The Hall–Kier alpha value is -0.0400. The maximum absolute atomic E-state index is 4.06. The Morgan fingerprint density at radius 1 is 0.762 bits per heavy atom. The third-order valence-corrected chi connectivity index (χ3v) is 6.79. The number of hydrogen-bond acceptors (Lipinski definition) is 1. The van der Waals surface area contributed by atoms with Gasteiger partial charge in [-0.05, 0) is 55.9 Å². The summed E-state index contributed by atoms with van der Waals surface area (Å²) in [7, 11) is 0. The second-order valence-corrected chi connectivity index (χ2v) is 8.50. The van der Waals surface area contributed by atoms with Gasteiger partial charge in [-0.25, -0.2) is 0 Å². The van der Waals surface area contributed by atoms with E-state index in [1.54, 1.807) is 0 Å². The SMILES string of the molecule is CC1CCCC(CNC2CCCCC2C2CCCCC2)C1. The predicted molar refractivity (Wildman–Crippen MR) is 91.4 cm³/mol. The fourth-order valence-electron chi connectivity index (χ4n) is 5.60. The van der Waals surface area contributed by atoms with E-state index in [-0.39, 0.29) is 0 Å². The van der Waals surface area contributed by atoms with Gasteiger partial charge >= 0.3 is 0 Å². The third kappa shape index (κ3) is 4.47. The summed E-state index contributed by atoms with van der Waals surface area (Å²) in [6, 6.07) is 0.860. The molecule has 122 valence electrons. The number of rotatable bonds is 4. The second-order valence-electron chi connectivity index (χ2n) is 8.50. The molecule has 0 heterocycles. The van der Waals surface area contributed by atoms with Crippen molar-refractivity contribution in [2.45, 2.75) is 96.4 Å². The van der Waals surface area contributed by atoms with Crippen LogP contribution < -0.4 is 5.32 Å². The highest BCUT2D eigenvalue weighted by Crippen LogP contribution is 2.38.